The largest absolute Gasteiger partial charge is 0.481 e. The molecule has 0 spiro atoms. The number of rotatable bonds is 5. The van der Waals surface area contributed by atoms with Crippen LogP contribution in [-0.2, 0) is 4.79 Å². The van der Waals surface area contributed by atoms with Crippen LogP contribution in [0.25, 0.3) is 11.1 Å². The summed E-state index contributed by atoms with van der Waals surface area (Å²) >= 11 is 0. The Bertz CT molecular complexity index is 547. The van der Waals surface area contributed by atoms with Gasteiger partial charge in [-0.25, -0.2) is 9.97 Å². The Morgan fingerprint density at radius 1 is 1.37 bits per heavy atom. The number of nitrogens with one attached hydrogen (secondary N) is 2. The van der Waals surface area contributed by atoms with Gasteiger partial charge in [0.15, 0.2) is 0 Å². The van der Waals surface area contributed by atoms with Gasteiger partial charge in [-0.15, -0.1) is 0 Å². The van der Waals surface area contributed by atoms with Gasteiger partial charge in [0.1, 0.15) is 0 Å². The van der Waals surface area contributed by atoms with Crippen LogP contribution in [0.1, 0.15) is 20.3 Å². The van der Waals surface area contributed by atoms with Crippen molar-refractivity contribution < 1.29 is 9.90 Å². The van der Waals surface area contributed by atoms with E-state index in [-0.39, 0.29) is 6.42 Å². The van der Waals surface area contributed by atoms with E-state index >= 15 is 0 Å². The maximum atomic E-state index is 10.7. The lowest BCUT2D eigenvalue weighted by atomic mass is 10.0. The molecule has 100 valence electrons. The van der Waals surface area contributed by atoms with Crippen LogP contribution in [0.5, 0.6) is 0 Å². The molecule has 6 nitrogen and oxygen atoms in total. The minimum absolute atomic E-state index is 0.00405. The summed E-state index contributed by atoms with van der Waals surface area (Å²) in [5.41, 5.74) is 1.32. The van der Waals surface area contributed by atoms with Gasteiger partial charge >= 0.3 is 5.97 Å². The summed E-state index contributed by atoms with van der Waals surface area (Å²) in [5.74, 6) is -0.438. The Kier molecular flexibility index (Phi) is 3.50. The molecule has 0 saturated carbocycles. The third kappa shape index (κ3) is 3.54. The van der Waals surface area contributed by atoms with Crippen LogP contribution in [0.3, 0.4) is 0 Å². The number of hydrogen-bond donors (Lipinski definition) is 3. The first kappa shape index (κ1) is 13.1. The van der Waals surface area contributed by atoms with Gasteiger partial charge in [0.25, 0.3) is 0 Å². The average molecular weight is 260 g/mol. The van der Waals surface area contributed by atoms with Crippen LogP contribution in [0, 0.1) is 0 Å². The maximum Gasteiger partial charge on any atom is 0.305 e. The number of carboxylic acid groups (broad SMARTS) is 1. The number of H-pyrrole nitrogens is 1. The molecule has 0 unspecified atom stereocenters. The predicted octanol–water partition coefficient (Wildman–Crippen LogP) is 2.14. The van der Waals surface area contributed by atoms with Crippen molar-refractivity contribution in [2.75, 3.05) is 5.32 Å². The molecule has 0 saturated heterocycles. The molecule has 0 amide bonds. The fraction of sp³-hybridized carbons (Fsp3) is 0.308. The van der Waals surface area contributed by atoms with E-state index in [2.05, 4.69) is 20.3 Å². The van der Waals surface area contributed by atoms with E-state index in [0.717, 1.165) is 11.1 Å². The molecule has 0 aromatic carbocycles. The fourth-order valence-electron chi connectivity index (χ4n) is 1.77. The molecule has 19 heavy (non-hydrogen) atoms. The number of carboxylic acids is 1. The first-order chi connectivity index (χ1) is 8.96. The molecule has 0 fully saturated rings. The summed E-state index contributed by atoms with van der Waals surface area (Å²) in [6.45, 7) is 3.59. The van der Waals surface area contributed by atoms with E-state index in [4.69, 9.17) is 5.11 Å². The van der Waals surface area contributed by atoms with E-state index in [9.17, 15) is 4.79 Å². The minimum Gasteiger partial charge on any atom is -0.481 e. The predicted molar refractivity (Wildman–Crippen MR) is 71.8 cm³/mol. The van der Waals surface area contributed by atoms with Crippen molar-refractivity contribution in [1.29, 1.82) is 0 Å². The number of aliphatic carboxylic acids is 1. The normalized spacial score (nSPS) is 11.3. The lowest BCUT2D eigenvalue weighted by Gasteiger charge is -2.24. The van der Waals surface area contributed by atoms with Crippen LogP contribution in [0.2, 0.25) is 0 Å². The number of aromatic amines is 1. The monoisotopic (exact) mass is 260 g/mol. The third-order valence-corrected chi connectivity index (χ3v) is 2.63. The van der Waals surface area contributed by atoms with Gasteiger partial charge in [-0.2, -0.15) is 0 Å². The lowest BCUT2D eigenvalue weighted by molar-refractivity contribution is -0.137. The molecular formula is C13H16N4O2. The Balaban J connectivity index is 2.09. The highest BCUT2D eigenvalue weighted by Gasteiger charge is 2.22. The second kappa shape index (κ2) is 5.09. The SMILES string of the molecule is CC(C)(CC(=O)O)Nc1ncc(-c2cc[nH]c2)cn1. The average Bonchev–Trinajstić information content (AvgIpc) is 2.81. The van der Waals surface area contributed by atoms with Crippen LogP contribution in [0.4, 0.5) is 5.95 Å². The molecule has 0 aliphatic heterocycles. The molecule has 2 heterocycles. The number of hydrogen-bond acceptors (Lipinski definition) is 4. The van der Waals surface area contributed by atoms with Crippen molar-refractivity contribution in [2.45, 2.75) is 25.8 Å². The summed E-state index contributed by atoms with van der Waals surface area (Å²) in [4.78, 5) is 22.1. The Morgan fingerprint density at radius 2 is 2.05 bits per heavy atom. The van der Waals surface area contributed by atoms with Crippen molar-refractivity contribution in [2.24, 2.45) is 0 Å². The van der Waals surface area contributed by atoms with Crippen LogP contribution < -0.4 is 5.32 Å². The van der Waals surface area contributed by atoms with Gasteiger partial charge in [-0.1, -0.05) is 0 Å². The topological polar surface area (TPSA) is 90.9 Å². The molecule has 0 radical (unpaired) electrons. The summed E-state index contributed by atoms with van der Waals surface area (Å²) in [6.07, 6.45) is 7.10. The third-order valence-electron chi connectivity index (χ3n) is 2.63. The maximum absolute atomic E-state index is 10.7. The van der Waals surface area contributed by atoms with Crippen LogP contribution in [-0.4, -0.2) is 31.6 Å². The zero-order chi connectivity index (χ0) is 13.9. The van der Waals surface area contributed by atoms with Gasteiger partial charge in [0.2, 0.25) is 5.95 Å². The van der Waals surface area contributed by atoms with Crippen LogP contribution >= 0.6 is 0 Å². The van der Waals surface area contributed by atoms with Crippen molar-refractivity contribution in [3.63, 3.8) is 0 Å². The van der Waals surface area contributed by atoms with E-state index in [1.54, 1.807) is 26.2 Å². The second-order valence-corrected chi connectivity index (χ2v) is 4.97. The molecule has 0 bridgehead atoms. The van der Waals surface area contributed by atoms with Gasteiger partial charge in [0.05, 0.1) is 6.42 Å². The lowest BCUT2D eigenvalue weighted by Crippen LogP contribution is -2.34. The molecule has 0 aliphatic rings. The van der Waals surface area contributed by atoms with Crippen molar-refractivity contribution in [3.05, 3.63) is 30.9 Å². The molecule has 3 N–H and O–H groups in total. The standard InChI is InChI=1S/C13H16N4O2/c1-13(2,5-11(18)19)17-12-15-7-10(8-16-12)9-3-4-14-6-9/h3-4,6-8,14H,5H2,1-2H3,(H,18,19)(H,15,16,17). The Hall–Kier alpha value is -2.37. The van der Waals surface area contributed by atoms with E-state index in [0.29, 0.717) is 5.95 Å². The number of anilines is 1. The highest BCUT2D eigenvalue weighted by Crippen LogP contribution is 2.19. The fourth-order valence-corrected chi connectivity index (χ4v) is 1.77. The minimum atomic E-state index is -0.860. The van der Waals surface area contributed by atoms with E-state index < -0.39 is 11.5 Å². The molecule has 2 aromatic rings. The summed E-state index contributed by atoms with van der Waals surface area (Å²) in [5, 5.41) is 11.8. The highest BCUT2D eigenvalue weighted by molar-refractivity contribution is 5.69. The summed E-state index contributed by atoms with van der Waals surface area (Å²) < 4.78 is 0. The molecule has 2 aromatic heterocycles. The van der Waals surface area contributed by atoms with Crippen LogP contribution in [0.15, 0.2) is 30.9 Å². The number of nitrogens with zero attached hydrogens (tertiary/aromatic N) is 2. The smallest absolute Gasteiger partial charge is 0.305 e. The molecule has 6 heteroatoms. The first-order valence-electron chi connectivity index (χ1n) is 5.91. The number of carbonyl (C=O) groups is 1. The quantitative estimate of drug-likeness (QED) is 0.766. The van der Waals surface area contributed by atoms with Crippen molar-refractivity contribution in [3.8, 4) is 11.1 Å². The molecular weight excluding hydrogens is 244 g/mol. The summed E-state index contributed by atoms with van der Waals surface area (Å²) in [7, 11) is 0. The van der Waals surface area contributed by atoms with E-state index in [1.807, 2.05) is 18.5 Å². The second-order valence-electron chi connectivity index (χ2n) is 4.97. The zero-order valence-electron chi connectivity index (χ0n) is 10.8. The summed E-state index contributed by atoms with van der Waals surface area (Å²) in [6, 6.07) is 1.93. The number of aromatic nitrogens is 3. The van der Waals surface area contributed by atoms with Crippen molar-refractivity contribution in [1.82, 2.24) is 15.0 Å². The highest BCUT2D eigenvalue weighted by atomic mass is 16.4. The molecule has 2 rings (SSSR count). The molecule has 0 atom stereocenters. The van der Waals surface area contributed by atoms with Gasteiger partial charge in [0, 0.05) is 41.5 Å². The zero-order valence-corrected chi connectivity index (χ0v) is 10.8. The first-order valence-corrected chi connectivity index (χ1v) is 5.91. The van der Waals surface area contributed by atoms with E-state index in [1.165, 1.54) is 0 Å². The van der Waals surface area contributed by atoms with Gasteiger partial charge in [-0.05, 0) is 19.9 Å². The molecule has 0 aliphatic carbocycles. The van der Waals surface area contributed by atoms with Crippen molar-refractivity contribution >= 4 is 11.9 Å². The Labute approximate surface area is 110 Å². The van der Waals surface area contributed by atoms with Gasteiger partial charge < -0.3 is 15.4 Å². The van der Waals surface area contributed by atoms with Gasteiger partial charge in [-0.3, -0.25) is 4.79 Å². The Morgan fingerprint density at radius 3 is 2.58 bits per heavy atom.